The molecule has 8 heteroatoms. The molecule has 8 nitrogen and oxygen atoms in total. The first-order valence-corrected chi connectivity index (χ1v) is 23.9. The molecule has 0 aliphatic carbocycles. The molecule has 0 fully saturated rings. The Morgan fingerprint density at radius 3 is 1.32 bits per heavy atom. The van der Waals surface area contributed by atoms with E-state index >= 15 is 0 Å². The molecule has 10 aromatic carbocycles. The van der Waals surface area contributed by atoms with Crippen molar-refractivity contribution in [3.8, 4) is 56.7 Å². The van der Waals surface area contributed by atoms with Gasteiger partial charge in [-0.3, -0.25) is 0 Å². The van der Waals surface area contributed by atoms with E-state index in [1.54, 1.807) is 0 Å². The summed E-state index contributed by atoms with van der Waals surface area (Å²) in [6.07, 6.45) is 0. The number of furan rings is 2. The average Bonchev–Trinajstić information content (AvgIpc) is 4.21. The van der Waals surface area contributed by atoms with Crippen LogP contribution in [0, 0.1) is 6.57 Å². The molecule has 5 heterocycles. The molecule has 0 amide bonds. The van der Waals surface area contributed by atoms with Crippen LogP contribution in [-0.2, 0) is 0 Å². The Morgan fingerprint density at radius 1 is 0.347 bits per heavy atom. The maximum absolute atomic E-state index is 9.01. The minimum atomic E-state index is 0.469. The molecule has 15 aromatic rings. The Labute approximate surface area is 410 Å². The van der Waals surface area contributed by atoms with Gasteiger partial charge in [0.15, 0.2) is 23.2 Å². The van der Waals surface area contributed by atoms with Crippen LogP contribution in [0.4, 0.5) is 5.69 Å². The molecule has 0 spiro atoms. The first-order chi connectivity index (χ1) is 35.7. The Balaban J connectivity index is 1.11. The van der Waals surface area contributed by atoms with Crippen molar-refractivity contribution in [3.05, 3.63) is 230 Å². The summed E-state index contributed by atoms with van der Waals surface area (Å²) in [5, 5.41) is 8.32. The smallest absolute Gasteiger partial charge is 0.197 e. The molecule has 0 atom stereocenters. The van der Waals surface area contributed by atoms with Crippen LogP contribution in [0.25, 0.3) is 149 Å². The summed E-state index contributed by atoms with van der Waals surface area (Å²) in [7, 11) is 0. The molecule has 0 saturated heterocycles. The highest BCUT2D eigenvalue weighted by Gasteiger charge is 2.28. The van der Waals surface area contributed by atoms with Crippen LogP contribution in [-0.4, -0.2) is 24.1 Å². The minimum absolute atomic E-state index is 0.469. The summed E-state index contributed by atoms with van der Waals surface area (Å²) < 4.78 is 18.2. The second-order valence-electron chi connectivity index (χ2n) is 18.1. The fourth-order valence-electron chi connectivity index (χ4n) is 11.2. The summed E-state index contributed by atoms with van der Waals surface area (Å²) in [4.78, 5) is 20.2. The number of benzene rings is 10. The normalized spacial score (nSPS) is 11.9. The number of aromatic nitrogens is 5. The maximum atomic E-state index is 9.01. The predicted molar refractivity (Wildman–Crippen MR) is 291 cm³/mol. The topological polar surface area (TPSA) is 79.2 Å². The Morgan fingerprint density at radius 2 is 0.792 bits per heavy atom. The summed E-state index contributed by atoms with van der Waals surface area (Å²) >= 11 is 0. The van der Waals surface area contributed by atoms with Crippen LogP contribution in [0.5, 0.6) is 0 Å². The molecule has 0 unspecified atom stereocenters. The Hall–Kier alpha value is -10.1. The summed E-state index contributed by atoms with van der Waals surface area (Å²) in [6, 6.07) is 74.5. The van der Waals surface area contributed by atoms with E-state index in [1.165, 1.54) is 0 Å². The molecule has 334 valence electrons. The number of hydrogen-bond donors (Lipinski definition) is 0. The SMILES string of the molecule is [C-]#[N+]c1cccc(-n2c3ccccc3c3c4oc5ccccc5c4ccc32)c1-c1c(-c2nc(-c3ccccc3)nc(-c3ccccc3)n2)cccc1-n1c2ccccc2c2c3oc4ccccc4c3ccc21. The van der Waals surface area contributed by atoms with E-state index in [2.05, 4.69) is 135 Å². The van der Waals surface area contributed by atoms with E-state index in [9.17, 15) is 0 Å². The standard InChI is InChI=1S/C64H36N6O2/c1-65-47-27-17-31-51(70-49-29-13-9-25-45(49)58-53(70)37-35-43-41-23-11-15-33-55(41)72-61(43)58)59(47)56-46(64-67-62(38-18-4-2-5-19-38)66-63(68-64)39-20-6-3-7-21-39)26-16-30-50(56)69-48-28-12-8-24-44(48)57-52(69)36-34-42-40-22-10-14-32-54(40)71-60(42)57/h2-37H. The lowest BCUT2D eigenvalue weighted by atomic mass is 9.93. The van der Waals surface area contributed by atoms with Gasteiger partial charge in [-0.15, -0.1) is 0 Å². The van der Waals surface area contributed by atoms with Gasteiger partial charge in [0.25, 0.3) is 0 Å². The second kappa shape index (κ2) is 15.5. The first-order valence-electron chi connectivity index (χ1n) is 23.9. The van der Waals surface area contributed by atoms with Gasteiger partial charge < -0.3 is 18.0 Å². The van der Waals surface area contributed by atoms with Crippen molar-refractivity contribution < 1.29 is 8.83 Å². The third-order valence-corrected chi connectivity index (χ3v) is 14.2. The van der Waals surface area contributed by atoms with Gasteiger partial charge in [-0.2, -0.15) is 0 Å². The first kappa shape index (κ1) is 39.9. The van der Waals surface area contributed by atoms with Crippen LogP contribution in [0.15, 0.2) is 227 Å². The van der Waals surface area contributed by atoms with Gasteiger partial charge >= 0.3 is 0 Å². The molecule has 0 N–H and O–H groups in total. The lowest BCUT2D eigenvalue weighted by Gasteiger charge is -2.22. The zero-order valence-electron chi connectivity index (χ0n) is 38.3. The van der Waals surface area contributed by atoms with Crippen molar-refractivity contribution in [2.45, 2.75) is 0 Å². The monoisotopic (exact) mass is 920 g/mol. The predicted octanol–water partition coefficient (Wildman–Crippen LogP) is 17.1. The number of fused-ring (bicyclic) bond motifs is 14. The second-order valence-corrected chi connectivity index (χ2v) is 18.1. The van der Waals surface area contributed by atoms with Gasteiger partial charge in [0.1, 0.15) is 22.3 Å². The quantitative estimate of drug-likeness (QED) is 0.155. The van der Waals surface area contributed by atoms with Crippen LogP contribution < -0.4 is 0 Å². The number of rotatable bonds is 6. The van der Waals surface area contributed by atoms with Crippen LogP contribution in [0.1, 0.15) is 0 Å². The van der Waals surface area contributed by atoms with Crippen LogP contribution >= 0.6 is 0 Å². The number of hydrogen-bond acceptors (Lipinski definition) is 5. The maximum Gasteiger partial charge on any atom is 0.197 e. The molecule has 0 saturated carbocycles. The van der Waals surface area contributed by atoms with E-state index in [-0.39, 0.29) is 0 Å². The van der Waals surface area contributed by atoms with Gasteiger partial charge in [0, 0.05) is 65.8 Å². The fourth-order valence-corrected chi connectivity index (χ4v) is 11.2. The van der Waals surface area contributed by atoms with Crippen molar-refractivity contribution in [1.29, 1.82) is 0 Å². The van der Waals surface area contributed by atoms with E-state index in [0.717, 1.165) is 127 Å². The van der Waals surface area contributed by atoms with Crippen molar-refractivity contribution in [3.63, 3.8) is 0 Å². The van der Waals surface area contributed by atoms with Gasteiger partial charge in [0.2, 0.25) is 0 Å². The highest BCUT2D eigenvalue weighted by Crippen LogP contribution is 2.50. The van der Waals surface area contributed by atoms with Crippen molar-refractivity contribution in [1.82, 2.24) is 24.1 Å². The number of nitrogens with zero attached hydrogens (tertiary/aromatic N) is 6. The summed E-state index contributed by atoms with van der Waals surface area (Å²) in [5.74, 6) is 1.55. The molecule has 15 rings (SSSR count). The molecule has 72 heavy (non-hydrogen) atoms. The molecule has 0 aliphatic rings. The van der Waals surface area contributed by atoms with E-state index < -0.39 is 0 Å². The van der Waals surface area contributed by atoms with Gasteiger partial charge in [0.05, 0.1) is 45.1 Å². The lowest BCUT2D eigenvalue weighted by molar-refractivity contribution is 0.672. The largest absolute Gasteiger partial charge is 0.455 e. The highest BCUT2D eigenvalue weighted by molar-refractivity contribution is 6.26. The van der Waals surface area contributed by atoms with Crippen LogP contribution in [0.2, 0.25) is 0 Å². The number of para-hydroxylation sites is 4. The average molecular weight is 921 g/mol. The van der Waals surface area contributed by atoms with Crippen molar-refractivity contribution >= 4 is 93.2 Å². The Bertz CT molecular complexity index is 4710. The van der Waals surface area contributed by atoms with Crippen LogP contribution in [0.3, 0.4) is 0 Å². The highest BCUT2D eigenvalue weighted by atomic mass is 16.3. The molecule has 5 aromatic heterocycles. The lowest BCUT2D eigenvalue weighted by Crippen LogP contribution is -2.06. The third-order valence-electron chi connectivity index (χ3n) is 14.2. The van der Waals surface area contributed by atoms with Crippen molar-refractivity contribution in [2.75, 3.05) is 0 Å². The molecular formula is C64H36N6O2. The zero-order chi connectivity index (χ0) is 47.4. The summed E-state index contributed by atoms with van der Waals surface area (Å²) in [5.41, 5.74) is 13.3. The molecule has 0 aliphatic heterocycles. The van der Waals surface area contributed by atoms with Crippen molar-refractivity contribution in [2.24, 2.45) is 0 Å². The Kier molecular flexibility index (Phi) is 8.55. The molecule has 0 radical (unpaired) electrons. The molecular weight excluding hydrogens is 885 g/mol. The molecule has 0 bridgehead atoms. The third kappa shape index (κ3) is 5.76. The van der Waals surface area contributed by atoms with E-state index in [4.69, 9.17) is 30.4 Å². The van der Waals surface area contributed by atoms with Gasteiger partial charge in [-0.1, -0.05) is 158 Å². The summed E-state index contributed by atoms with van der Waals surface area (Å²) in [6.45, 7) is 9.01. The van der Waals surface area contributed by atoms with E-state index in [0.29, 0.717) is 23.2 Å². The zero-order valence-corrected chi connectivity index (χ0v) is 38.3. The fraction of sp³-hybridized carbons (Fsp3) is 0. The minimum Gasteiger partial charge on any atom is -0.455 e. The van der Waals surface area contributed by atoms with Gasteiger partial charge in [-0.25, -0.2) is 19.8 Å². The van der Waals surface area contributed by atoms with E-state index in [1.807, 2.05) is 97.1 Å². The van der Waals surface area contributed by atoms with Gasteiger partial charge in [-0.05, 0) is 60.7 Å².